The van der Waals surface area contributed by atoms with Gasteiger partial charge in [-0.3, -0.25) is 0 Å². The Balaban J connectivity index is 1.91. The molecule has 0 aliphatic carbocycles. The number of hydrogen-bond acceptors (Lipinski definition) is 6. The second-order valence-electron chi connectivity index (χ2n) is 6.01. The first-order valence-corrected chi connectivity index (χ1v) is 9.97. The highest BCUT2D eigenvalue weighted by Crippen LogP contribution is 2.31. The van der Waals surface area contributed by atoms with Crippen molar-refractivity contribution in [2.75, 3.05) is 14.2 Å². The highest BCUT2D eigenvalue weighted by molar-refractivity contribution is 7.89. The zero-order chi connectivity index (χ0) is 21.0. The van der Waals surface area contributed by atoms with Crippen LogP contribution in [0.3, 0.4) is 0 Å². The minimum atomic E-state index is -3.75. The molecule has 0 aliphatic heterocycles. The Morgan fingerprint density at radius 1 is 1.03 bits per heavy atom. The molecule has 1 aromatic heterocycles. The van der Waals surface area contributed by atoms with Gasteiger partial charge in [0.05, 0.1) is 30.8 Å². The largest absolute Gasteiger partial charge is 0.493 e. The molecule has 7 nitrogen and oxygen atoms in total. The van der Waals surface area contributed by atoms with E-state index in [1.807, 2.05) is 0 Å². The number of methoxy groups -OCH3 is 2. The maximum Gasteiger partial charge on any atom is 0.238 e. The molecule has 0 saturated heterocycles. The Bertz CT molecular complexity index is 1200. The van der Waals surface area contributed by atoms with Gasteiger partial charge in [-0.1, -0.05) is 0 Å². The number of benzene rings is 2. The summed E-state index contributed by atoms with van der Waals surface area (Å²) in [5, 5.41) is 14.7. The SMILES string of the molecule is COc1ccc(/C(C#N)=C/c2ccc(-c3ccc(S(N)(=O)=O)cc3)o2)cc1OC. The number of nitrogens with two attached hydrogens (primary N) is 1. The van der Waals surface area contributed by atoms with E-state index < -0.39 is 10.0 Å². The van der Waals surface area contributed by atoms with Gasteiger partial charge in [-0.05, 0) is 66.2 Å². The van der Waals surface area contributed by atoms with Crippen molar-refractivity contribution in [2.24, 2.45) is 5.14 Å². The van der Waals surface area contributed by atoms with Gasteiger partial charge in [-0.2, -0.15) is 5.26 Å². The molecule has 0 unspecified atom stereocenters. The van der Waals surface area contributed by atoms with Crippen LogP contribution in [-0.4, -0.2) is 22.6 Å². The van der Waals surface area contributed by atoms with Crippen molar-refractivity contribution >= 4 is 21.7 Å². The second-order valence-corrected chi connectivity index (χ2v) is 7.57. The van der Waals surface area contributed by atoms with E-state index in [9.17, 15) is 13.7 Å². The number of nitrogens with zero attached hydrogens (tertiary/aromatic N) is 1. The molecule has 0 fully saturated rings. The molecule has 2 aromatic carbocycles. The predicted molar refractivity (Wildman–Crippen MR) is 109 cm³/mol. The smallest absolute Gasteiger partial charge is 0.238 e. The standard InChI is InChI=1S/C21H18N2O5S/c1-26-20-9-5-15(12-21(20)27-2)16(13-22)11-17-6-10-19(28-17)14-3-7-18(8-4-14)29(23,24)25/h3-12H,1-2H3,(H2,23,24,25)/b16-11+. The van der Waals surface area contributed by atoms with Crippen LogP contribution in [0.4, 0.5) is 0 Å². The van der Waals surface area contributed by atoms with E-state index in [2.05, 4.69) is 6.07 Å². The van der Waals surface area contributed by atoms with E-state index in [0.717, 1.165) is 0 Å². The highest BCUT2D eigenvalue weighted by atomic mass is 32.2. The van der Waals surface area contributed by atoms with Crippen molar-refractivity contribution in [3.05, 3.63) is 65.9 Å². The Hall–Kier alpha value is -3.54. The van der Waals surface area contributed by atoms with Crippen LogP contribution in [0.15, 0.2) is 63.9 Å². The van der Waals surface area contributed by atoms with Crippen molar-refractivity contribution in [2.45, 2.75) is 4.90 Å². The summed E-state index contributed by atoms with van der Waals surface area (Å²) in [5.74, 6) is 2.08. The maximum absolute atomic E-state index is 11.4. The van der Waals surface area contributed by atoms with Gasteiger partial charge in [0, 0.05) is 5.56 Å². The zero-order valence-electron chi connectivity index (χ0n) is 15.7. The molecule has 0 radical (unpaired) electrons. The van der Waals surface area contributed by atoms with Crippen molar-refractivity contribution < 1.29 is 22.3 Å². The van der Waals surface area contributed by atoms with Crippen molar-refractivity contribution in [1.29, 1.82) is 5.26 Å². The minimum Gasteiger partial charge on any atom is -0.493 e. The van der Waals surface area contributed by atoms with Gasteiger partial charge in [-0.25, -0.2) is 13.6 Å². The normalized spacial score (nSPS) is 11.7. The van der Waals surface area contributed by atoms with E-state index >= 15 is 0 Å². The van der Waals surface area contributed by atoms with Gasteiger partial charge in [0.15, 0.2) is 11.5 Å². The topological polar surface area (TPSA) is 116 Å². The van der Waals surface area contributed by atoms with Crippen LogP contribution in [0.1, 0.15) is 11.3 Å². The van der Waals surface area contributed by atoms with Crippen LogP contribution >= 0.6 is 0 Å². The molecule has 0 amide bonds. The van der Waals surface area contributed by atoms with Gasteiger partial charge >= 0.3 is 0 Å². The fourth-order valence-corrected chi connectivity index (χ4v) is 3.24. The van der Waals surface area contributed by atoms with E-state index in [0.29, 0.717) is 39.7 Å². The van der Waals surface area contributed by atoms with E-state index in [-0.39, 0.29) is 4.90 Å². The summed E-state index contributed by atoms with van der Waals surface area (Å²) < 4.78 is 39.0. The van der Waals surface area contributed by atoms with Crippen LogP contribution < -0.4 is 14.6 Å². The molecule has 0 bridgehead atoms. The lowest BCUT2D eigenvalue weighted by molar-refractivity contribution is 0.355. The molecule has 8 heteroatoms. The summed E-state index contributed by atoms with van der Waals surface area (Å²) in [6.45, 7) is 0. The Morgan fingerprint density at radius 3 is 2.31 bits per heavy atom. The average Bonchev–Trinajstić information content (AvgIpc) is 3.19. The molecule has 0 spiro atoms. The number of allylic oxidation sites excluding steroid dienone is 1. The summed E-state index contributed by atoms with van der Waals surface area (Å²) in [5.41, 5.74) is 1.72. The lowest BCUT2D eigenvalue weighted by Crippen LogP contribution is -2.11. The molecular weight excluding hydrogens is 392 g/mol. The number of primary sulfonamides is 1. The van der Waals surface area contributed by atoms with Gasteiger partial charge < -0.3 is 13.9 Å². The first-order valence-electron chi connectivity index (χ1n) is 8.43. The number of sulfonamides is 1. The Morgan fingerprint density at radius 2 is 1.72 bits per heavy atom. The van der Waals surface area contributed by atoms with E-state index in [1.165, 1.54) is 19.2 Å². The number of rotatable bonds is 6. The maximum atomic E-state index is 11.4. The van der Waals surface area contributed by atoms with Gasteiger partial charge in [-0.15, -0.1) is 0 Å². The van der Waals surface area contributed by atoms with Crippen molar-refractivity contribution in [1.82, 2.24) is 0 Å². The molecule has 0 atom stereocenters. The monoisotopic (exact) mass is 410 g/mol. The summed E-state index contributed by atoms with van der Waals surface area (Å²) in [6.07, 6.45) is 1.61. The van der Waals surface area contributed by atoms with Crippen LogP contribution in [0, 0.1) is 11.3 Å². The lowest BCUT2D eigenvalue weighted by Gasteiger charge is -2.08. The molecule has 0 aliphatic rings. The second kappa shape index (κ2) is 8.22. The quantitative estimate of drug-likeness (QED) is 0.620. The highest BCUT2D eigenvalue weighted by Gasteiger charge is 2.11. The Labute approximate surface area is 168 Å². The fourth-order valence-electron chi connectivity index (χ4n) is 2.72. The molecule has 3 aromatic rings. The van der Waals surface area contributed by atoms with E-state index in [4.69, 9.17) is 19.0 Å². The molecule has 1 heterocycles. The van der Waals surface area contributed by atoms with Crippen LogP contribution in [0.2, 0.25) is 0 Å². The summed E-state index contributed by atoms with van der Waals surface area (Å²) in [7, 11) is -0.687. The van der Waals surface area contributed by atoms with Gasteiger partial charge in [0.25, 0.3) is 0 Å². The van der Waals surface area contributed by atoms with Gasteiger partial charge in [0.1, 0.15) is 11.5 Å². The summed E-state index contributed by atoms with van der Waals surface area (Å²) in [4.78, 5) is 0.0214. The molecular formula is C21H18N2O5S. The van der Waals surface area contributed by atoms with E-state index in [1.54, 1.807) is 55.7 Å². The number of ether oxygens (including phenoxy) is 2. The van der Waals surface area contributed by atoms with Gasteiger partial charge in [0.2, 0.25) is 10.0 Å². The number of furan rings is 1. The molecule has 2 N–H and O–H groups in total. The lowest BCUT2D eigenvalue weighted by atomic mass is 10.1. The predicted octanol–water partition coefficient (Wildman–Crippen LogP) is 3.68. The number of hydrogen-bond donors (Lipinski definition) is 1. The van der Waals surface area contributed by atoms with Crippen molar-refractivity contribution in [3.63, 3.8) is 0 Å². The third kappa shape index (κ3) is 4.48. The fraction of sp³-hybridized carbons (Fsp3) is 0.0952. The van der Waals surface area contributed by atoms with Crippen LogP contribution in [0.5, 0.6) is 11.5 Å². The first-order chi connectivity index (χ1) is 13.9. The molecule has 29 heavy (non-hydrogen) atoms. The molecule has 148 valence electrons. The summed E-state index contributed by atoms with van der Waals surface area (Å²) >= 11 is 0. The Kier molecular flexibility index (Phi) is 5.73. The average molecular weight is 410 g/mol. The van der Waals surface area contributed by atoms with Crippen LogP contribution in [0.25, 0.3) is 23.0 Å². The number of nitriles is 1. The third-order valence-electron chi connectivity index (χ3n) is 4.20. The third-order valence-corrected chi connectivity index (χ3v) is 5.12. The molecule has 0 saturated carbocycles. The van der Waals surface area contributed by atoms with Crippen molar-refractivity contribution in [3.8, 4) is 28.9 Å². The summed E-state index contributed by atoms with van der Waals surface area (Å²) in [6, 6.07) is 16.8. The molecule has 3 rings (SSSR count). The minimum absolute atomic E-state index is 0.0214. The van der Waals surface area contributed by atoms with Crippen LogP contribution in [-0.2, 0) is 10.0 Å². The zero-order valence-corrected chi connectivity index (χ0v) is 16.6. The first kappa shape index (κ1) is 20.2.